The number of nitrogens with zero attached hydrogens (tertiary/aromatic N) is 2. The SMILES string of the molecule is CCOC(=O)C1(C(=O)O)CCCN(N=O)C1. The number of rotatable bonds is 4. The van der Waals surface area contributed by atoms with Gasteiger partial charge in [0.2, 0.25) is 0 Å². The molecule has 0 amide bonds. The second-order valence-corrected chi connectivity index (χ2v) is 3.68. The summed E-state index contributed by atoms with van der Waals surface area (Å²) in [5.41, 5.74) is -1.65. The molecule has 1 N–H and O–H groups in total. The van der Waals surface area contributed by atoms with E-state index in [-0.39, 0.29) is 19.6 Å². The van der Waals surface area contributed by atoms with Gasteiger partial charge in [-0.1, -0.05) is 0 Å². The number of aliphatic carboxylic acids is 1. The van der Waals surface area contributed by atoms with Crippen LogP contribution in [-0.4, -0.2) is 41.8 Å². The number of piperidine rings is 1. The highest BCUT2D eigenvalue weighted by molar-refractivity contribution is 5.99. The normalized spacial score (nSPS) is 24.9. The number of carbonyl (C=O) groups excluding carboxylic acids is 1. The first-order chi connectivity index (χ1) is 7.56. The Morgan fingerprint density at radius 3 is 2.75 bits per heavy atom. The molecule has 1 saturated heterocycles. The summed E-state index contributed by atoms with van der Waals surface area (Å²) in [5.74, 6) is -2.06. The van der Waals surface area contributed by atoms with E-state index in [2.05, 4.69) is 5.29 Å². The third-order valence-electron chi connectivity index (χ3n) is 2.66. The van der Waals surface area contributed by atoms with E-state index >= 15 is 0 Å². The second-order valence-electron chi connectivity index (χ2n) is 3.68. The molecule has 0 aromatic heterocycles. The van der Waals surface area contributed by atoms with E-state index in [1.807, 2.05) is 0 Å². The number of carbonyl (C=O) groups is 2. The Kier molecular flexibility index (Phi) is 3.81. The topological polar surface area (TPSA) is 96.3 Å². The molecule has 1 heterocycles. The van der Waals surface area contributed by atoms with Crippen LogP contribution in [0.1, 0.15) is 19.8 Å². The van der Waals surface area contributed by atoms with Gasteiger partial charge in [0.25, 0.3) is 0 Å². The maximum Gasteiger partial charge on any atom is 0.325 e. The van der Waals surface area contributed by atoms with Crippen LogP contribution >= 0.6 is 0 Å². The van der Waals surface area contributed by atoms with Gasteiger partial charge >= 0.3 is 11.9 Å². The molecule has 1 aliphatic rings. The van der Waals surface area contributed by atoms with E-state index in [9.17, 15) is 14.5 Å². The van der Waals surface area contributed by atoms with Crippen molar-refractivity contribution in [1.82, 2.24) is 5.01 Å². The van der Waals surface area contributed by atoms with E-state index in [0.29, 0.717) is 13.0 Å². The van der Waals surface area contributed by atoms with Gasteiger partial charge < -0.3 is 9.84 Å². The fourth-order valence-corrected chi connectivity index (χ4v) is 1.80. The van der Waals surface area contributed by atoms with Crippen LogP contribution in [0.3, 0.4) is 0 Å². The van der Waals surface area contributed by atoms with Gasteiger partial charge in [-0.25, -0.2) is 0 Å². The second kappa shape index (κ2) is 4.91. The molecule has 90 valence electrons. The third kappa shape index (κ3) is 2.12. The van der Waals surface area contributed by atoms with Crippen LogP contribution in [0.25, 0.3) is 0 Å². The molecule has 1 fully saturated rings. The smallest absolute Gasteiger partial charge is 0.325 e. The van der Waals surface area contributed by atoms with Crippen molar-refractivity contribution in [2.75, 3.05) is 19.7 Å². The largest absolute Gasteiger partial charge is 0.480 e. The lowest BCUT2D eigenvalue weighted by molar-refractivity contribution is -0.173. The Hall–Kier alpha value is -1.66. The standard InChI is InChI=1S/C9H14N2O5/c1-2-16-8(14)9(7(12)13)4-3-5-11(6-9)10-15/h2-6H2,1H3,(H,12,13). The minimum Gasteiger partial charge on any atom is -0.480 e. The molecule has 1 aliphatic heterocycles. The summed E-state index contributed by atoms with van der Waals surface area (Å²) in [5, 5.41) is 12.9. The molecule has 1 unspecified atom stereocenters. The van der Waals surface area contributed by atoms with Gasteiger partial charge in [0.15, 0.2) is 5.41 Å². The number of carboxylic acid groups (broad SMARTS) is 1. The van der Waals surface area contributed by atoms with Gasteiger partial charge in [-0.2, -0.15) is 0 Å². The highest BCUT2D eigenvalue weighted by atomic mass is 16.5. The molecule has 0 radical (unpaired) electrons. The van der Waals surface area contributed by atoms with Crippen molar-refractivity contribution in [2.24, 2.45) is 10.7 Å². The van der Waals surface area contributed by atoms with Crippen LogP contribution in [0.2, 0.25) is 0 Å². The monoisotopic (exact) mass is 230 g/mol. The predicted molar refractivity (Wildman–Crippen MR) is 53.3 cm³/mol. The maximum atomic E-state index is 11.6. The van der Waals surface area contributed by atoms with Gasteiger partial charge in [-0.3, -0.25) is 14.6 Å². The first kappa shape index (κ1) is 12.4. The quantitative estimate of drug-likeness (QED) is 0.426. The number of hydrogen-bond acceptors (Lipinski definition) is 5. The van der Waals surface area contributed by atoms with Crippen molar-refractivity contribution in [3.8, 4) is 0 Å². The summed E-state index contributed by atoms with van der Waals surface area (Å²) in [6, 6.07) is 0. The van der Waals surface area contributed by atoms with E-state index in [0.717, 1.165) is 5.01 Å². The minimum atomic E-state index is -1.65. The third-order valence-corrected chi connectivity index (χ3v) is 2.66. The van der Waals surface area contributed by atoms with Crippen LogP contribution in [-0.2, 0) is 14.3 Å². The maximum absolute atomic E-state index is 11.6. The molecule has 0 aliphatic carbocycles. The molecule has 7 nitrogen and oxygen atoms in total. The Labute approximate surface area is 92.3 Å². The van der Waals surface area contributed by atoms with Crippen molar-refractivity contribution in [3.63, 3.8) is 0 Å². The number of ether oxygens (including phenoxy) is 1. The highest BCUT2D eigenvalue weighted by Crippen LogP contribution is 2.32. The molecule has 1 atom stereocenters. The lowest BCUT2D eigenvalue weighted by Crippen LogP contribution is -2.51. The minimum absolute atomic E-state index is 0.113. The van der Waals surface area contributed by atoms with Gasteiger partial charge in [0.05, 0.1) is 18.4 Å². The summed E-state index contributed by atoms with van der Waals surface area (Å²) in [7, 11) is 0. The molecule has 1 rings (SSSR count). The first-order valence-electron chi connectivity index (χ1n) is 5.05. The summed E-state index contributed by atoms with van der Waals surface area (Å²) in [4.78, 5) is 33.2. The van der Waals surface area contributed by atoms with Crippen molar-refractivity contribution >= 4 is 11.9 Å². The molecule has 7 heteroatoms. The van der Waals surface area contributed by atoms with E-state index in [1.54, 1.807) is 6.92 Å². The van der Waals surface area contributed by atoms with Crippen molar-refractivity contribution in [1.29, 1.82) is 0 Å². The predicted octanol–water partition coefficient (Wildman–Crippen LogP) is 0.398. The van der Waals surface area contributed by atoms with Crippen molar-refractivity contribution in [3.05, 3.63) is 4.91 Å². The van der Waals surface area contributed by atoms with E-state index in [1.165, 1.54) is 0 Å². The number of esters is 1. The van der Waals surface area contributed by atoms with E-state index < -0.39 is 17.4 Å². The first-order valence-corrected chi connectivity index (χ1v) is 5.05. The van der Waals surface area contributed by atoms with Crippen LogP contribution in [0.5, 0.6) is 0 Å². The summed E-state index contributed by atoms with van der Waals surface area (Å²) in [6.45, 7) is 1.87. The van der Waals surface area contributed by atoms with Gasteiger partial charge in [-0.05, 0) is 19.8 Å². The summed E-state index contributed by atoms with van der Waals surface area (Å²) >= 11 is 0. The molecule has 0 bridgehead atoms. The zero-order valence-corrected chi connectivity index (χ0v) is 9.01. The molecule has 0 spiro atoms. The lowest BCUT2D eigenvalue weighted by Gasteiger charge is -2.34. The zero-order valence-electron chi connectivity index (χ0n) is 9.01. The Balaban J connectivity index is 2.91. The summed E-state index contributed by atoms with van der Waals surface area (Å²) < 4.78 is 4.75. The average molecular weight is 230 g/mol. The van der Waals surface area contributed by atoms with Crippen LogP contribution in [0, 0.1) is 10.3 Å². The zero-order chi connectivity index (χ0) is 12.2. The molecule has 0 aromatic rings. The summed E-state index contributed by atoms with van der Waals surface area (Å²) in [6.07, 6.45) is 0.601. The van der Waals surface area contributed by atoms with Crippen LogP contribution in [0.15, 0.2) is 5.29 Å². The van der Waals surface area contributed by atoms with E-state index in [4.69, 9.17) is 9.84 Å². The fraction of sp³-hybridized carbons (Fsp3) is 0.778. The van der Waals surface area contributed by atoms with Gasteiger partial charge in [0, 0.05) is 6.54 Å². The van der Waals surface area contributed by atoms with Crippen LogP contribution in [0.4, 0.5) is 0 Å². The Bertz CT molecular complexity index is 306. The molecule has 0 saturated carbocycles. The average Bonchev–Trinajstić information content (AvgIpc) is 2.29. The Morgan fingerprint density at radius 1 is 1.56 bits per heavy atom. The Morgan fingerprint density at radius 2 is 2.25 bits per heavy atom. The van der Waals surface area contributed by atoms with Crippen molar-refractivity contribution < 1.29 is 19.4 Å². The number of hydrogen-bond donors (Lipinski definition) is 1. The molecule has 0 aromatic carbocycles. The molecular weight excluding hydrogens is 216 g/mol. The number of nitroso groups, excluding NO2 is 1. The molecular formula is C9H14N2O5. The highest BCUT2D eigenvalue weighted by Gasteiger charge is 2.51. The van der Waals surface area contributed by atoms with Crippen LogP contribution < -0.4 is 0 Å². The molecule has 16 heavy (non-hydrogen) atoms. The van der Waals surface area contributed by atoms with Gasteiger partial charge in [-0.15, -0.1) is 4.91 Å². The van der Waals surface area contributed by atoms with Gasteiger partial charge in [0.1, 0.15) is 0 Å². The van der Waals surface area contributed by atoms with Crippen molar-refractivity contribution in [2.45, 2.75) is 19.8 Å². The lowest BCUT2D eigenvalue weighted by atomic mass is 9.80. The fourth-order valence-electron chi connectivity index (χ4n) is 1.80. The number of carboxylic acids is 1.